The number of carboxylic acids is 1. The van der Waals surface area contributed by atoms with Gasteiger partial charge in [0.15, 0.2) is 0 Å². The van der Waals surface area contributed by atoms with Gasteiger partial charge in [-0.05, 0) is 24.1 Å². The molecule has 1 aromatic rings. The van der Waals surface area contributed by atoms with Crippen molar-refractivity contribution >= 4 is 21.9 Å². The van der Waals surface area contributed by atoms with E-state index in [0.717, 1.165) is 18.2 Å². The number of nitrogens with one attached hydrogen (secondary N) is 2. The summed E-state index contributed by atoms with van der Waals surface area (Å²) < 4.78 is 63.9. The highest BCUT2D eigenvalue weighted by Gasteiger charge is 2.32. The maximum atomic E-state index is 12.7. The van der Waals surface area contributed by atoms with Gasteiger partial charge in [0.2, 0.25) is 15.9 Å². The van der Waals surface area contributed by atoms with Crippen molar-refractivity contribution in [1.82, 2.24) is 10.0 Å². The number of carboxylic acid groups (broad SMARTS) is 1. The quantitative estimate of drug-likeness (QED) is 0.618. The van der Waals surface area contributed by atoms with Crippen molar-refractivity contribution in [2.75, 3.05) is 6.54 Å². The fraction of sp³-hybridized carbons (Fsp3) is 0.467. The smallest absolute Gasteiger partial charge is 0.416 e. The second kappa shape index (κ2) is 8.49. The van der Waals surface area contributed by atoms with Gasteiger partial charge in [-0.1, -0.05) is 26.3 Å². The molecule has 0 aliphatic carbocycles. The zero-order valence-electron chi connectivity index (χ0n) is 14.0. The lowest BCUT2D eigenvalue weighted by molar-refractivity contribution is -0.143. The van der Waals surface area contributed by atoms with E-state index in [1.165, 1.54) is 0 Å². The van der Waals surface area contributed by atoms with Crippen LogP contribution in [-0.2, 0) is 25.8 Å². The van der Waals surface area contributed by atoms with E-state index in [1.807, 2.05) is 4.72 Å². The molecule has 0 aromatic heterocycles. The maximum absolute atomic E-state index is 12.7. The van der Waals surface area contributed by atoms with Gasteiger partial charge in [-0.3, -0.25) is 4.79 Å². The zero-order chi connectivity index (χ0) is 20.1. The van der Waals surface area contributed by atoms with Crippen LogP contribution in [0.4, 0.5) is 13.2 Å². The van der Waals surface area contributed by atoms with E-state index < -0.39 is 57.0 Å². The molecule has 1 aromatic carbocycles. The molecule has 7 nitrogen and oxygen atoms in total. The Morgan fingerprint density at radius 2 is 1.88 bits per heavy atom. The first kappa shape index (κ1) is 21.9. The van der Waals surface area contributed by atoms with Gasteiger partial charge in [0.25, 0.3) is 0 Å². The topological polar surface area (TPSA) is 113 Å². The summed E-state index contributed by atoms with van der Waals surface area (Å²) in [6.07, 6.45) is -4.25. The fourth-order valence-electron chi connectivity index (χ4n) is 1.99. The van der Waals surface area contributed by atoms with Gasteiger partial charge >= 0.3 is 12.1 Å². The highest BCUT2D eigenvalue weighted by atomic mass is 32.2. The minimum absolute atomic E-state index is 0.392. The average molecular weight is 396 g/mol. The largest absolute Gasteiger partial charge is 0.480 e. The molecule has 26 heavy (non-hydrogen) atoms. The Balaban J connectivity index is 2.82. The molecule has 0 saturated carbocycles. The molecule has 0 aliphatic rings. The third kappa shape index (κ3) is 5.99. The number of carbonyl (C=O) groups excluding carboxylic acids is 1. The van der Waals surface area contributed by atoms with Crippen LogP contribution in [0.5, 0.6) is 0 Å². The zero-order valence-corrected chi connectivity index (χ0v) is 14.8. The van der Waals surface area contributed by atoms with Crippen molar-refractivity contribution in [2.24, 2.45) is 5.92 Å². The number of sulfonamides is 1. The van der Waals surface area contributed by atoms with Gasteiger partial charge in [-0.25, -0.2) is 17.9 Å². The number of aliphatic carboxylic acids is 1. The number of hydrogen-bond acceptors (Lipinski definition) is 4. The number of hydrogen-bond donors (Lipinski definition) is 3. The second-order valence-corrected chi connectivity index (χ2v) is 7.39. The molecule has 0 fully saturated rings. The van der Waals surface area contributed by atoms with Crippen LogP contribution in [0.2, 0.25) is 0 Å². The predicted octanol–water partition coefficient (Wildman–Crippen LogP) is 1.60. The molecular formula is C15H19F3N2O5S. The van der Waals surface area contributed by atoms with E-state index in [4.69, 9.17) is 5.11 Å². The monoisotopic (exact) mass is 396 g/mol. The molecule has 2 atom stereocenters. The molecule has 0 spiro atoms. The number of carbonyl (C=O) groups is 2. The molecular weight excluding hydrogens is 377 g/mol. The highest BCUT2D eigenvalue weighted by Crippen LogP contribution is 2.30. The molecule has 2 unspecified atom stereocenters. The number of alkyl halides is 3. The van der Waals surface area contributed by atoms with E-state index in [0.29, 0.717) is 12.5 Å². The first-order valence-corrected chi connectivity index (χ1v) is 9.06. The Morgan fingerprint density at radius 3 is 2.38 bits per heavy atom. The summed E-state index contributed by atoms with van der Waals surface area (Å²) in [6, 6.07) is 1.84. The van der Waals surface area contributed by atoms with Gasteiger partial charge in [-0.2, -0.15) is 13.2 Å². The van der Waals surface area contributed by atoms with Crippen LogP contribution in [0.15, 0.2) is 29.2 Å². The summed E-state index contributed by atoms with van der Waals surface area (Å²) in [4.78, 5) is 22.3. The predicted molar refractivity (Wildman–Crippen MR) is 85.7 cm³/mol. The summed E-state index contributed by atoms with van der Waals surface area (Å²) in [5.74, 6) is -2.57. The number of halogens is 3. The van der Waals surface area contributed by atoms with Crippen LogP contribution in [0, 0.1) is 5.92 Å². The van der Waals surface area contributed by atoms with Crippen LogP contribution in [0.3, 0.4) is 0 Å². The number of benzene rings is 1. The van der Waals surface area contributed by atoms with E-state index in [1.54, 1.807) is 13.8 Å². The maximum Gasteiger partial charge on any atom is 0.416 e. The van der Waals surface area contributed by atoms with Crippen LogP contribution < -0.4 is 10.0 Å². The molecule has 0 heterocycles. The SMILES string of the molecule is CCC(C)C(NC(=O)CNS(=O)(=O)c1cccc(C(F)(F)F)c1)C(=O)O. The van der Waals surface area contributed by atoms with E-state index in [2.05, 4.69) is 5.32 Å². The van der Waals surface area contributed by atoms with Gasteiger partial charge in [-0.15, -0.1) is 0 Å². The summed E-state index contributed by atoms with van der Waals surface area (Å²) in [7, 11) is -4.38. The molecule has 0 bridgehead atoms. The van der Waals surface area contributed by atoms with Crippen molar-refractivity contribution in [2.45, 2.75) is 37.4 Å². The van der Waals surface area contributed by atoms with E-state index >= 15 is 0 Å². The third-order valence-electron chi connectivity index (χ3n) is 3.69. The third-order valence-corrected chi connectivity index (χ3v) is 5.09. The summed E-state index contributed by atoms with van der Waals surface area (Å²) in [5, 5.41) is 11.3. The molecule has 1 rings (SSSR count). The van der Waals surface area contributed by atoms with Gasteiger partial charge < -0.3 is 10.4 Å². The van der Waals surface area contributed by atoms with Crippen LogP contribution >= 0.6 is 0 Å². The van der Waals surface area contributed by atoms with E-state index in [9.17, 15) is 31.2 Å². The Bertz CT molecular complexity index is 765. The van der Waals surface area contributed by atoms with Crippen molar-refractivity contribution in [1.29, 1.82) is 0 Å². The van der Waals surface area contributed by atoms with Gasteiger partial charge in [0.1, 0.15) is 6.04 Å². The number of amides is 1. The van der Waals surface area contributed by atoms with Gasteiger partial charge in [0, 0.05) is 0 Å². The second-order valence-electron chi connectivity index (χ2n) is 5.62. The molecule has 0 aliphatic heterocycles. The van der Waals surface area contributed by atoms with Crippen LogP contribution in [-0.4, -0.2) is 38.0 Å². The molecule has 1 amide bonds. The lowest BCUT2D eigenvalue weighted by Crippen LogP contribution is -2.48. The van der Waals surface area contributed by atoms with Crippen molar-refractivity contribution in [3.63, 3.8) is 0 Å². The highest BCUT2D eigenvalue weighted by molar-refractivity contribution is 7.89. The summed E-state index contributed by atoms with van der Waals surface area (Å²) in [5.41, 5.74) is -1.15. The Labute approximate surface area is 148 Å². The first-order valence-electron chi connectivity index (χ1n) is 7.57. The Kier molecular flexibility index (Phi) is 7.16. The lowest BCUT2D eigenvalue weighted by atomic mass is 9.99. The Morgan fingerprint density at radius 1 is 1.27 bits per heavy atom. The first-order chi connectivity index (χ1) is 11.9. The van der Waals surface area contributed by atoms with Crippen LogP contribution in [0.25, 0.3) is 0 Å². The Hall–Kier alpha value is -2.14. The molecule has 11 heteroatoms. The lowest BCUT2D eigenvalue weighted by Gasteiger charge is -2.20. The molecule has 3 N–H and O–H groups in total. The standard InChI is InChI=1S/C15H19F3N2O5S/c1-3-9(2)13(14(22)23)20-12(21)8-19-26(24,25)11-6-4-5-10(7-11)15(16,17)18/h4-7,9,13,19H,3,8H2,1-2H3,(H,20,21)(H,22,23). The normalized spacial score (nSPS) is 14.5. The number of rotatable bonds is 8. The minimum Gasteiger partial charge on any atom is -0.480 e. The van der Waals surface area contributed by atoms with Crippen molar-refractivity contribution in [3.05, 3.63) is 29.8 Å². The average Bonchev–Trinajstić information content (AvgIpc) is 2.56. The minimum atomic E-state index is -4.71. The fourth-order valence-corrected chi connectivity index (χ4v) is 3.02. The summed E-state index contributed by atoms with van der Waals surface area (Å²) in [6.45, 7) is 2.52. The molecule has 146 valence electrons. The van der Waals surface area contributed by atoms with Crippen molar-refractivity contribution < 1.29 is 36.3 Å². The van der Waals surface area contributed by atoms with Gasteiger partial charge in [0.05, 0.1) is 17.0 Å². The molecule has 0 saturated heterocycles. The summed E-state index contributed by atoms with van der Waals surface area (Å²) >= 11 is 0. The van der Waals surface area contributed by atoms with E-state index in [-0.39, 0.29) is 0 Å². The van der Waals surface area contributed by atoms with Crippen molar-refractivity contribution in [3.8, 4) is 0 Å². The molecule has 0 radical (unpaired) electrons. The van der Waals surface area contributed by atoms with Crippen LogP contribution in [0.1, 0.15) is 25.8 Å².